The van der Waals surface area contributed by atoms with Crippen LogP contribution in [0.1, 0.15) is 32.3 Å². The number of nitrogens with one attached hydrogen (secondary N) is 1. The largest absolute Gasteiger partial charge is 0.417 e. The molecule has 18 heavy (non-hydrogen) atoms. The summed E-state index contributed by atoms with van der Waals surface area (Å²) in [4.78, 5) is 3.99. The minimum Gasteiger partial charge on any atom is -0.365 e. The Balaban J connectivity index is 2.24. The minimum atomic E-state index is -4.37. The smallest absolute Gasteiger partial charge is 0.365 e. The van der Waals surface area contributed by atoms with Crippen LogP contribution in [0.15, 0.2) is 16.7 Å². The van der Waals surface area contributed by atoms with Crippen LogP contribution >= 0.6 is 15.9 Å². The van der Waals surface area contributed by atoms with E-state index in [-0.39, 0.29) is 15.8 Å². The molecule has 0 spiro atoms. The van der Waals surface area contributed by atoms with Crippen molar-refractivity contribution in [3.8, 4) is 0 Å². The molecule has 0 radical (unpaired) electrons. The summed E-state index contributed by atoms with van der Waals surface area (Å²) in [5, 5.41) is 3.09. The first-order chi connectivity index (χ1) is 8.20. The van der Waals surface area contributed by atoms with Crippen LogP contribution in [0, 0.1) is 5.92 Å². The molecule has 1 N–H and O–H groups in total. The molecular formula is C12H14BrF3N2. The van der Waals surface area contributed by atoms with E-state index in [1.165, 1.54) is 6.20 Å². The first kappa shape index (κ1) is 13.6. The van der Waals surface area contributed by atoms with Crippen molar-refractivity contribution in [2.75, 3.05) is 5.32 Å². The number of nitrogens with zero attached hydrogens (tertiary/aromatic N) is 1. The van der Waals surface area contributed by atoms with Gasteiger partial charge in [0.25, 0.3) is 0 Å². The van der Waals surface area contributed by atoms with E-state index in [1.807, 2.05) is 13.8 Å². The van der Waals surface area contributed by atoms with Crippen molar-refractivity contribution in [2.24, 2.45) is 5.92 Å². The number of aromatic nitrogens is 1. The van der Waals surface area contributed by atoms with Crippen molar-refractivity contribution in [1.29, 1.82) is 0 Å². The first-order valence-electron chi connectivity index (χ1n) is 5.71. The maximum absolute atomic E-state index is 12.7. The van der Waals surface area contributed by atoms with Crippen LogP contribution in [0.4, 0.5) is 19.0 Å². The molecule has 0 aliphatic heterocycles. The quantitative estimate of drug-likeness (QED) is 0.888. The Morgan fingerprint density at radius 3 is 2.44 bits per heavy atom. The number of alkyl halides is 3. The van der Waals surface area contributed by atoms with Crippen LogP contribution in [0.2, 0.25) is 0 Å². The van der Waals surface area contributed by atoms with Gasteiger partial charge in [0.15, 0.2) is 0 Å². The van der Waals surface area contributed by atoms with E-state index in [0.29, 0.717) is 5.92 Å². The maximum Gasteiger partial charge on any atom is 0.417 e. The fraction of sp³-hybridized carbons (Fsp3) is 0.583. The summed E-state index contributed by atoms with van der Waals surface area (Å²) in [6.45, 7) is 3.98. The van der Waals surface area contributed by atoms with Crippen LogP contribution in [0.5, 0.6) is 0 Å². The Kier molecular flexibility index (Phi) is 3.34. The van der Waals surface area contributed by atoms with Crippen LogP contribution in [0.25, 0.3) is 0 Å². The maximum atomic E-state index is 12.7. The van der Waals surface area contributed by atoms with Gasteiger partial charge in [-0.05, 0) is 54.6 Å². The summed E-state index contributed by atoms with van der Waals surface area (Å²) in [6, 6.07) is 1.05. The van der Waals surface area contributed by atoms with Crippen molar-refractivity contribution >= 4 is 21.7 Å². The number of pyridine rings is 1. The van der Waals surface area contributed by atoms with Gasteiger partial charge in [0.1, 0.15) is 5.82 Å². The van der Waals surface area contributed by atoms with Crippen molar-refractivity contribution in [1.82, 2.24) is 4.98 Å². The SMILES string of the molecule is CC(C)(Nc1cc(C(F)(F)F)c(Br)cn1)C1CC1. The van der Waals surface area contributed by atoms with Crippen molar-refractivity contribution in [3.63, 3.8) is 0 Å². The van der Waals surface area contributed by atoms with Crippen molar-refractivity contribution in [3.05, 3.63) is 22.3 Å². The molecule has 0 aromatic carbocycles. The lowest BCUT2D eigenvalue weighted by Gasteiger charge is -2.27. The standard InChI is InChI=1S/C12H14BrF3N2/c1-11(2,7-3-4-7)18-10-5-8(12(14,15)16)9(13)6-17-10/h5-7H,3-4H2,1-2H3,(H,17,18). The van der Waals surface area contributed by atoms with E-state index in [1.54, 1.807) is 0 Å². The number of hydrogen-bond acceptors (Lipinski definition) is 2. The van der Waals surface area contributed by atoms with Gasteiger partial charge in [-0.15, -0.1) is 0 Å². The van der Waals surface area contributed by atoms with E-state index in [0.717, 1.165) is 18.9 Å². The fourth-order valence-corrected chi connectivity index (χ4v) is 2.40. The van der Waals surface area contributed by atoms with Gasteiger partial charge in [0.05, 0.1) is 5.56 Å². The predicted molar refractivity (Wildman–Crippen MR) is 67.4 cm³/mol. The third kappa shape index (κ3) is 2.96. The molecule has 1 aromatic rings. The van der Waals surface area contributed by atoms with Gasteiger partial charge >= 0.3 is 6.18 Å². The van der Waals surface area contributed by atoms with Gasteiger partial charge in [-0.2, -0.15) is 13.2 Å². The van der Waals surface area contributed by atoms with Crippen LogP contribution in [-0.2, 0) is 6.18 Å². The van der Waals surface area contributed by atoms with Crippen molar-refractivity contribution in [2.45, 2.75) is 38.4 Å². The highest BCUT2D eigenvalue weighted by Crippen LogP contribution is 2.42. The lowest BCUT2D eigenvalue weighted by Crippen LogP contribution is -2.33. The molecule has 6 heteroatoms. The fourth-order valence-electron chi connectivity index (χ4n) is 1.96. The van der Waals surface area contributed by atoms with Gasteiger partial charge in [-0.3, -0.25) is 0 Å². The molecule has 1 heterocycles. The molecule has 0 amide bonds. The summed E-state index contributed by atoms with van der Waals surface area (Å²) in [7, 11) is 0. The van der Waals surface area contributed by atoms with E-state index in [2.05, 4.69) is 26.2 Å². The summed E-state index contributed by atoms with van der Waals surface area (Å²) in [5.41, 5.74) is -0.921. The Bertz CT molecular complexity index is 453. The zero-order chi connectivity index (χ0) is 13.6. The molecule has 1 fully saturated rings. The van der Waals surface area contributed by atoms with Gasteiger partial charge in [-0.25, -0.2) is 4.98 Å². The van der Waals surface area contributed by atoms with Gasteiger partial charge in [-0.1, -0.05) is 0 Å². The molecule has 1 aromatic heterocycles. The first-order valence-corrected chi connectivity index (χ1v) is 6.50. The third-order valence-corrected chi connectivity index (χ3v) is 3.84. The second-order valence-electron chi connectivity index (χ2n) is 5.17. The summed E-state index contributed by atoms with van der Waals surface area (Å²) < 4.78 is 38.2. The van der Waals surface area contributed by atoms with Crippen LogP contribution < -0.4 is 5.32 Å². The average Bonchev–Trinajstić information content (AvgIpc) is 3.02. The molecule has 2 rings (SSSR count). The van der Waals surface area contributed by atoms with Gasteiger partial charge in [0.2, 0.25) is 0 Å². The van der Waals surface area contributed by atoms with E-state index in [4.69, 9.17) is 0 Å². The van der Waals surface area contributed by atoms with Gasteiger partial charge < -0.3 is 5.32 Å². The number of anilines is 1. The molecule has 1 aliphatic rings. The highest BCUT2D eigenvalue weighted by molar-refractivity contribution is 9.10. The molecule has 0 bridgehead atoms. The number of halogens is 4. The van der Waals surface area contributed by atoms with E-state index < -0.39 is 11.7 Å². The Morgan fingerprint density at radius 2 is 1.94 bits per heavy atom. The minimum absolute atomic E-state index is 0.0372. The normalized spacial score (nSPS) is 16.8. The van der Waals surface area contributed by atoms with Crippen LogP contribution in [-0.4, -0.2) is 10.5 Å². The van der Waals surface area contributed by atoms with Crippen LogP contribution in [0.3, 0.4) is 0 Å². The lowest BCUT2D eigenvalue weighted by atomic mass is 9.99. The highest BCUT2D eigenvalue weighted by atomic mass is 79.9. The monoisotopic (exact) mass is 322 g/mol. The molecule has 1 aliphatic carbocycles. The Morgan fingerprint density at radius 1 is 1.33 bits per heavy atom. The third-order valence-electron chi connectivity index (χ3n) is 3.21. The molecule has 0 unspecified atom stereocenters. The van der Waals surface area contributed by atoms with E-state index >= 15 is 0 Å². The highest BCUT2D eigenvalue weighted by Gasteiger charge is 2.39. The van der Waals surface area contributed by atoms with E-state index in [9.17, 15) is 13.2 Å². The Hall–Kier alpha value is -0.780. The molecule has 0 atom stereocenters. The molecular weight excluding hydrogens is 309 g/mol. The molecule has 1 saturated carbocycles. The predicted octanol–water partition coefficient (Wildman–Crippen LogP) is 4.46. The zero-order valence-corrected chi connectivity index (χ0v) is 11.7. The molecule has 100 valence electrons. The summed E-state index contributed by atoms with van der Waals surface area (Å²) >= 11 is 2.88. The summed E-state index contributed by atoms with van der Waals surface area (Å²) in [6.07, 6.45) is -0.957. The Labute approximate surface area is 112 Å². The lowest BCUT2D eigenvalue weighted by molar-refractivity contribution is -0.138. The zero-order valence-electron chi connectivity index (χ0n) is 10.1. The average molecular weight is 323 g/mol. The molecule has 0 saturated heterocycles. The number of rotatable bonds is 3. The van der Waals surface area contributed by atoms with Crippen molar-refractivity contribution < 1.29 is 13.2 Å². The second-order valence-corrected chi connectivity index (χ2v) is 6.02. The molecule has 2 nitrogen and oxygen atoms in total. The number of hydrogen-bond donors (Lipinski definition) is 1. The summed E-state index contributed by atoms with van der Waals surface area (Å²) in [5.74, 6) is 0.778. The topological polar surface area (TPSA) is 24.9 Å². The van der Waals surface area contributed by atoms with Gasteiger partial charge in [0, 0.05) is 16.2 Å². The second kappa shape index (κ2) is 4.40.